The van der Waals surface area contributed by atoms with E-state index in [1.165, 1.54) is 4.88 Å². The first-order valence-electron chi connectivity index (χ1n) is 10.6. The number of hydrogen-bond acceptors (Lipinski definition) is 7. The van der Waals surface area contributed by atoms with Gasteiger partial charge >= 0.3 is 0 Å². The summed E-state index contributed by atoms with van der Waals surface area (Å²) < 4.78 is 6.26. The van der Waals surface area contributed by atoms with Crippen LogP contribution in [0.15, 0.2) is 42.7 Å². The van der Waals surface area contributed by atoms with Gasteiger partial charge < -0.3 is 14.4 Å². The molecule has 2 aromatic heterocycles. The number of anilines is 1. The molecule has 0 spiro atoms. The molecule has 1 fully saturated rings. The monoisotopic (exact) mass is 424 g/mol. The molecule has 1 saturated heterocycles. The average molecular weight is 425 g/mol. The number of aryl methyl sites for hydroxylation is 1. The van der Waals surface area contributed by atoms with Crippen molar-refractivity contribution in [3.8, 4) is 5.75 Å². The standard InChI is InChI=1S/C23H28N4O2S/c1-3-19-15-20-22(24-16-25-23(20)30-19)27-13-11-26(12-14-27)21(10-9-17(2)28)29-18-7-5-4-6-8-18/h4-8,15-16,21H,3,9-14H2,1-2H3. The topological polar surface area (TPSA) is 58.6 Å². The zero-order valence-corrected chi connectivity index (χ0v) is 18.4. The van der Waals surface area contributed by atoms with Crippen LogP contribution in [0.3, 0.4) is 0 Å². The Kier molecular flexibility index (Phi) is 6.59. The van der Waals surface area contributed by atoms with Crippen LogP contribution in [0.1, 0.15) is 31.6 Å². The van der Waals surface area contributed by atoms with Gasteiger partial charge in [0.1, 0.15) is 28.5 Å². The molecule has 1 aromatic carbocycles. The van der Waals surface area contributed by atoms with E-state index in [2.05, 4.69) is 32.8 Å². The van der Waals surface area contributed by atoms with Crippen LogP contribution in [0.5, 0.6) is 5.75 Å². The second-order valence-corrected chi connectivity index (χ2v) is 8.75. The predicted octanol–water partition coefficient (Wildman–Crippen LogP) is 4.15. The van der Waals surface area contributed by atoms with Crippen LogP contribution in [-0.2, 0) is 11.2 Å². The third kappa shape index (κ3) is 4.79. The van der Waals surface area contributed by atoms with Gasteiger partial charge in [0.15, 0.2) is 6.23 Å². The third-order valence-corrected chi connectivity index (χ3v) is 6.68. The molecule has 1 aliphatic rings. The van der Waals surface area contributed by atoms with E-state index >= 15 is 0 Å². The van der Waals surface area contributed by atoms with E-state index in [1.807, 2.05) is 30.3 Å². The van der Waals surface area contributed by atoms with Crippen molar-refractivity contribution in [1.29, 1.82) is 0 Å². The van der Waals surface area contributed by atoms with Crippen molar-refractivity contribution < 1.29 is 9.53 Å². The van der Waals surface area contributed by atoms with Gasteiger partial charge in [-0.2, -0.15) is 0 Å². The molecule has 4 rings (SSSR count). The summed E-state index contributed by atoms with van der Waals surface area (Å²) in [4.78, 5) is 27.7. The van der Waals surface area contributed by atoms with Crippen molar-refractivity contribution >= 4 is 33.2 Å². The van der Waals surface area contributed by atoms with Crippen LogP contribution < -0.4 is 9.64 Å². The highest BCUT2D eigenvalue weighted by Gasteiger charge is 2.27. The molecule has 0 N–H and O–H groups in total. The number of carbonyl (C=O) groups excluding carboxylic acids is 1. The van der Waals surface area contributed by atoms with Gasteiger partial charge in [-0.1, -0.05) is 25.1 Å². The first kappa shape index (κ1) is 20.8. The minimum absolute atomic E-state index is 0.100. The lowest BCUT2D eigenvalue weighted by atomic mass is 10.2. The number of piperazine rings is 1. The van der Waals surface area contributed by atoms with Gasteiger partial charge in [-0.3, -0.25) is 4.90 Å². The summed E-state index contributed by atoms with van der Waals surface area (Å²) in [6, 6.07) is 12.1. The number of rotatable bonds is 8. The summed E-state index contributed by atoms with van der Waals surface area (Å²) in [6.45, 7) is 7.29. The molecule has 30 heavy (non-hydrogen) atoms. The number of carbonyl (C=O) groups is 1. The normalized spacial score (nSPS) is 16.0. The molecule has 1 unspecified atom stereocenters. The second-order valence-electron chi connectivity index (χ2n) is 7.63. The van der Waals surface area contributed by atoms with Gasteiger partial charge in [-0.25, -0.2) is 9.97 Å². The SMILES string of the molecule is CCc1cc2c(N3CCN(C(CCC(C)=O)Oc4ccccc4)CC3)ncnc2s1. The zero-order valence-electron chi connectivity index (χ0n) is 17.6. The molecule has 0 amide bonds. The Balaban J connectivity index is 1.46. The van der Waals surface area contributed by atoms with Crippen molar-refractivity contribution in [3.05, 3.63) is 47.6 Å². The fraction of sp³-hybridized carbons (Fsp3) is 0.435. The van der Waals surface area contributed by atoms with E-state index in [9.17, 15) is 4.79 Å². The van der Waals surface area contributed by atoms with Crippen molar-refractivity contribution in [2.75, 3.05) is 31.1 Å². The Bertz CT molecular complexity index is 983. The fourth-order valence-corrected chi connectivity index (χ4v) is 4.77. The molecule has 0 saturated carbocycles. The van der Waals surface area contributed by atoms with E-state index in [0.717, 1.165) is 54.4 Å². The molecule has 0 radical (unpaired) electrons. The largest absolute Gasteiger partial charge is 0.475 e. The van der Waals surface area contributed by atoms with Crippen molar-refractivity contribution in [3.63, 3.8) is 0 Å². The smallest absolute Gasteiger partial charge is 0.153 e. The van der Waals surface area contributed by atoms with Gasteiger partial charge in [0.05, 0.1) is 5.39 Å². The summed E-state index contributed by atoms with van der Waals surface area (Å²) in [5, 5.41) is 1.15. The van der Waals surface area contributed by atoms with E-state index in [-0.39, 0.29) is 12.0 Å². The summed E-state index contributed by atoms with van der Waals surface area (Å²) >= 11 is 1.75. The van der Waals surface area contributed by atoms with Crippen LogP contribution in [0.25, 0.3) is 10.2 Å². The van der Waals surface area contributed by atoms with Gasteiger partial charge in [-0.05, 0) is 31.5 Å². The van der Waals surface area contributed by atoms with E-state index in [0.29, 0.717) is 12.8 Å². The van der Waals surface area contributed by atoms with Crippen LogP contribution >= 0.6 is 11.3 Å². The van der Waals surface area contributed by atoms with Crippen molar-refractivity contribution in [1.82, 2.24) is 14.9 Å². The highest BCUT2D eigenvalue weighted by atomic mass is 32.1. The Morgan fingerprint density at radius 1 is 1.17 bits per heavy atom. The maximum Gasteiger partial charge on any atom is 0.153 e. The minimum Gasteiger partial charge on any atom is -0.475 e. The second kappa shape index (κ2) is 9.53. The quantitative estimate of drug-likeness (QED) is 0.541. The summed E-state index contributed by atoms with van der Waals surface area (Å²) in [5.41, 5.74) is 0. The number of hydrogen-bond donors (Lipinski definition) is 0. The van der Waals surface area contributed by atoms with Crippen LogP contribution in [0.2, 0.25) is 0 Å². The van der Waals surface area contributed by atoms with E-state index < -0.39 is 0 Å². The summed E-state index contributed by atoms with van der Waals surface area (Å²) in [7, 11) is 0. The zero-order chi connectivity index (χ0) is 20.9. The molecular formula is C23H28N4O2S. The first-order valence-corrected chi connectivity index (χ1v) is 11.4. The highest BCUT2D eigenvalue weighted by Crippen LogP contribution is 2.31. The molecule has 158 valence electrons. The molecule has 3 heterocycles. The maximum atomic E-state index is 11.6. The number of Topliss-reactive ketones (excluding diaryl/α,β-unsaturated/α-hetero) is 1. The molecule has 6 nitrogen and oxygen atoms in total. The van der Waals surface area contributed by atoms with Gasteiger partial charge in [0.25, 0.3) is 0 Å². The molecule has 0 bridgehead atoms. The number of benzene rings is 1. The molecule has 1 aliphatic heterocycles. The molecule has 0 aliphatic carbocycles. The van der Waals surface area contributed by atoms with Gasteiger partial charge in [0, 0.05) is 43.9 Å². The number of nitrogens with zero attached hydrogens (tertiary/aromatic N) is 4. The number of para-hydroxylation sites is 1. The Labute approximate surface area is 181 Å². The molecule has 3 aromatic rings. The van der Waals surface area contributed by atoms with Crippen molar-refractivity contribution in [2.24, 2.45) is 0 Å². The van der Waals surface area contributed by atoms with E-state index in [1.54, 1.807) is 24.6 Å². The lowest BCUT2D eigenvalue weighted by molar-refractivity contribution is -0.118. The molecule has 1 atom stereocenters. The molecular weight excluding hydrogens is 396 g/mol. The van der Waals surface area contributed by atoms with Crippen LogP contribution in [-0.4, -0.2) is 53.1 Å². The number of thiophene rings is 1. The first-order chi connectivity index (χ1) is 14.6. The lowest BCUT2D eigenvalue weighted by Gasteiger charge is -2.39. The summed E-state index contributed by atoms with van der Waals surface area (Å²) in [5.74, 6) is 2.07. The Hall–Kier alpha value is -2.51. The van der Waals surface area contributed by atoms with Crippen molar-refractivity contribution in [2.45, 2.75) is 39.3 Å². The van der Waals surface area contributed by atoms with Gasteiger partial charge in [-0.15, -0.1) is 11.3 Å². The highest BCUT2D eigenvalue weighted by molar-refractivity contribution is 7.18. The number of fused-ring (bicyclic) bond motifs is 1. The average Bonchev–Trinajstić information content (AvgIpc) is 3.21. The third-order valence-electron chi connectivity index (χ3n) is 5.49. The lowest BCUT2D eigenvalue weighted by Crippen LogP contribution is -2.52. The van der Waals surface area contributed by atoms with Crippen LogP contribution in [0.4, 0.5) is 5.82 Å². The Morgan fingerprint density at radius 2 is 1.93 bits per heavy atom. The Morgan fingerprint density at radius 3 is 2.63 bits per heavy atom. The minimum atomic E-state index is -0.100. The fourth-order valence-electron chi connectivity index (χ4n) is 3.84. The number of ketones is 1. The van der Waals surface area contributed by atoms with E-state index in [4.69, 9.17) is 4.74 Å². The van der Waals surface area contributed by atoms with Gasteiger partial charge in [0.2, 0.25) is 0 Å². The maximum absolute atomic E-state index is 11.6. The van der Waals surface area contributed by atoms with Crippen LogP contribution in [0, 0.1) is 0 Å². The number of aromatic nitrogens is 2. The predicted molar refractivity (Wildman–Crippen MR) is 121 cm³/mol. The summed E-state index contributed by atoms with van der Waals surface area (Å²) in [6.07, 6.45) is 3.82. The molecule has 7 heteroatoms. The number of ether oxygens (including phenoxy) is 1.